The van der Waals surface area contributed by atoms with Gasteiger partial charge in [0.2, 0.25) is 0 Å². The lowest BCUT2D eigenvalue weighted by molar-refractivity contribution is 0.0513. The lowest BCUT2D eigenvalue weighted by Crippen LogP contribution is -2.26. The van der Waals surface area contributed by atoms with Gasteiger partial charge in [-0.2, -0.15) is 0 Å². The number of hydrogen-bond donors (Lipinski definition) is 1. The molecule has 32 heavy (non-hydrogen) atoms. The molecule has 0 atom stereocenters. The summed E-state index contributed by atoms with van der Waals surface area (Å²) < 4.78 is 17.6. The molecule has 1 N–H and O–H groups in total. The molecule has 168 valence electrons. The van der Waals surface area contributed by atoms with Gasteiger partial charge < -0.3 is 24.2 Å². The van der Waals surface area contributed by atoms with Crippen LogP contribution in [0.15, 0.2) is 54.6 Å². The van der Waals surface area contributed by atoms with Gasteiger partial charge in [0, 0.05) is 19.8 Å². The Bertz CT molecular complexity index is 1090. The van der Waals surface area contributed by atoms with Gasteiger partial charge in [0.15, 0.2) is 22.9 Å². The van der Waals surface area contributed by atoms with Crippen molar-refractivity contribution in [3.63, 3.8) is 0 Å². The van der Waals surface area contributed by atoms with Crippen molar-refractivity contribution in [2.75, 3.05) is 27.8 Å². The first-order valence-electron chi connectivity index (χ1n) is 10.1. The molecule has 0 spiro atoms. The fourth-order valence-corrected chi connectivity index (χ4v) is 3.19. The highest BCUT2D eigenvalue weighted by Gasteiger charge is 2.34. The van der Waals surface area contributed by atoms with Crippen LogP contribution in [-0.2, 0) is 11.3 Å². The molecule has 0 saturated heterocycles. The van der Waals surface area contributed by atoms with Crippen molar-refractivity contribution in [3.05, 3.63) is 71.5 Å². The summed E-state index contributed by atoms with van der Waals surface area (Å²) in [6.45, 7) is 1.86. The van der Waals surface area contributed by atoms with E-state index in [1.165, 1.54) is 16.6 Å². The van der Waals surface area contributed by atoms with Gasteiger partial charge in [0.25, 0.3) is 5.91 Å². The van der Waals surface area contributed by atoms with Crippen LogP contribution in [0.4, 0.5) is 0 Å². The van der Waals surface area contributed by atoms with Crippen LogP contribution < -0.4 is 9.47 Å². The van der Waals surface area contributed by atoms with E-state index in [2.05, 4.69) is 0 Å². The third-order valence-corrected chi connectivity index (χ3v) is 4.74. The van der Waals surface area contributed by atoms with Crippen LogP contribution >= 0.6 is 0 Å². The van der Waals surface area contributed by atoms with Gasteiger partial charge in [-0.1, -0.05) is 30.3 Å². The Kier molecular flexibility index (Phi) is 7.04. The number of benzene rings is 2. The number of aromatic hydroxyl groups is 1. The molecular formula is C24H26N2O6. The summed E-state index contributed by atoms with van der Waals surface area (Å²) in [6.07, 6.45) is 0. The van der Waals surface area contributed by atoms with E-state index in [0.29, 0.717) is 11.4 Å². The average Bonchev–Trinajstić information content (AvgIpc) is 3.09. The van der Waals surface area contributed by atoms with Crippen LogP contribution in [0.2, 0.25) is 0 Å². The lowest BCUT2D eigenvalue weighted by atomic mass is 10.2. The normalized spacial score (nSPS) is 10.5. The van der Waals surface area contributed by atoms with Gasteiger partial charge in [-0.15, -0.1) is 0 Å². The number of carbonyl (C=O) groups excluding carboxylic acids is 2. The van der Waals surface area contributed by atoms with Crippen molar-refractivity contribution in [1.29, 1.82) is 0 Å². The quantitative estimate of drug-likeness (QED) is 0.540. The Morgan fingerprint density at radius 2 is 1.66 bits per heavy atom. The molecule has 0 aliphatic carbocycles. The molecule has 0 unspecified atom stereocenters. The zero-order valence-corrected chi connectivity index (χ0v) is 18.5. The number of methoxy groups -OCH3 is 1. The largest absolute Gasteiger partial charge is 0.503 e. The molecule has 0 bridgehead atoms. The second-order valence-electron chi connectivity index (χ2n) is 7.10. The summed E-state index contributed by atoms with van der Waals surface area (Å²) in [4.78, 5) is 27.3. The van der Waals surface area contributed by atoms with E-state index in [4.69, 9.17) is 14.2 Å². The Morgan fingerprint density at radius 3 is 2.22 bits per heavy atom. The maximum absolute atomic E-state index is 13.2. The number of carbonyl (C=O) groups is 2. The van der Waals surface area contributed by atoms with Crippen molar-refractivity contribution in [2.24, 2.45) is 0 Å². The van der Waals surface area contributed by atoms with Crippen molar-refractivity contribution in [2.45, 2.75) is 13.5 Å². The fourth-order valence-electron chi connectivity index (χ4n) is 3.19. The number of aromatic nitrogens is 1. The molecule has 3 rings (SSSR count). The van der Waals surface area contributed by atoms with Gasteiger partial charge >= 0.3 is 5.97 Å². The highest BCUT2D eigenvalue weighted by Crippen LogP contribution is 2.41. The van der Waals surface area contributed by atoms with E-state index in [0.717, 1.165) is 5.56 Å². The maximum atomic E-state index is 13.2. The van der Waals surface area contributed by atoms with Gasteiger partial charge in [0.05, 0.1) is 13.7 Å². The molecule has 3 aromatic rings. The topological polar surface area (TPSA) is 90.2 Å². The van der Waals surface area contributed by atoms with E-state index in [9.17, 15) is 14.7 Å². The summed E-state index contributed by atoms with van der Waals surface area (Å²) in [7, 11) is 4.70. The molecule has 0 radical (unpaired) electrons. The van der Waals surface area contributed by atoms with Crippen molar-refractivity contribution >= 4 is 11.9 Å². The zero-order chi connectivity index (χ0) is 23.3. The van der Waals surface area contributed by atoms with E-state index in [1.54, 1.807) is 45.3 Å². The third kappa shape index (κ3) is 4.54. The van der Waals surface area contributed by atoms with E-state index >= 15 is 0 Å². The highest BCUT2D eigenvalue weighted by atomic mass is 16.5. The molecule has 8 nitrogen and oxygen atoms in total. The molecular weight excluding hydrogens is 412 g/mol. The maximum Gasteiger partial charge on any atom is 0.359 e. The van der Waals surface area contributed by atoms with E-state index in [-0.39, 0.29) is 30.4 Å². The predicted octanol–water partition coefficient (Wildman–Crippen LogP) is 3.65. The number of rotatable bonds is 8. The lowest BCUT2D eigenvalue weighted by Gasteiger charge is -2.16. The SMILES string of the molecule is CCOC(=O)c1c(O)c(OCc2ccccc2)c(C(=O)N(C)C)n1-c1ccc(OC)cc1. The fraction of sp³-hybridized carbons (Fsp3) is 0.250. The number of nitrogens with zero attached hydrogens (tertiary/aromatic N) is 2. The monoisotopic (exact) mass is 438 g/mol. The van der Waals surface area contributed by atoms with Crippen molar-refractivity contribution in [1.82, 2.24) is 9.47 Å². The minimum absolute atomic E-state index is 0.0108. The highest BCUT2D eigenvalue weighted by molar-refractivity contribution is 6.02. The average molecular weight is 438 g/mol. The Balaban J connectivity index is 2.22. The Morgan fingerprint density at radius 1 is 1.00 bits per heavy atom. The van der Waals surface area contributed by atoms with Crippen molar-refractivity contribution < 1.29 is 28.9 Å². The van der Waals surface area contributed by atoms with Crippen LogP contribution in [0, 0.1) is 0 Å². The van der Waals surface area contributed by atoms with Crippen LogP contribution in [0.5, 0.6) is 17.2 Å². The molecule has 0 aliphatic rings. The van der Waals surface area contributed by atoms with Gasteiger partial charge in [0.1, 0.15) is 12.4 Å². The molecule has 1 heterocycles. The van der Waals surface area contributed by atoms with Crippen LogP contribution in [0.3, 0.4) is 0 Å². The second kappa shape index (κ2) is 9.91. The van der Waals surface area contributed by atoms with E-state index in [1.807, 2.05) is 30.3 Å². The van der Waals surface area contributed by atoms with Crippen LogP contribution in [0.1, 0.15) is 33.5 Å². The number of ether oxygens (including phenoxy) is 3. The summed E-state index contributed by atoms with van der Waals surface area (Å²) in [5.41, 5.74) is 1.12. The van der Waals surface area contributed by atoms with E-state index < -0.39 is 17.6 Å². The summed E-state index contributed by atoms with van der Waals surface area (Å²) >= 11 is 0. The molecule has 8 heteroatoms. The summed E-state index contributed by atoms with van der Waals surface area (Å²) in [6, 6.07) is 16.0. The van der Waals surface area contributed by atoms with Gasteiger partial charge in [-0.05, 0) is 36.8 Å². The first kappa shape index (κ1) is 22.7. The van der Waals surface area contributed by atoms with Gasteiger partial charge in [-0.3, -0.25) is 9.36 Å². The smallest absolute Gasteiger partial charge is 0.359 e. The minimum Gasteiger partial charge on any atom is -0.503 e. The van der Waals surface area contributed by atoms with Crippen LogP contribution in [-0.4, -0.2) is 54.3 Å². The summed E-state index contributed by atoms with van der Waals surface area (Å²) in [5.74, 6) is -1.17. The molecule has 0 aliphatic heterocycles. The van der Waals surface area contributed by atoms with Crippen molar-refractivity contribution in [3.8, 4) is 22.9 Å². The van der Waals surface area contributed by atoms with Gasteiger partial charge in [-0.25, -0.2) is 4.79 Å². The standard InChI is InChI=1S/C24H26N2O6/c1-5-31-24(29)19-21(27)22(32-15-16-9-7-6-8-10-16)20(23(28)25(2)3)26(19)17-11-13-18(30-4)14-12-17/h6-14,27H,5,15H2,1-4H3. The Labute approximate surface area is 186 Å². The van der Waals surface area contributed by atoms with Crippen LogP contribution in [0.25, 0.3) is 5.69 Å². The number of amides is 1. The molecule has 1 amide bonds. The predicted molar refractivity (Wildman–Crippen MR) is 119 cm³/mol. The molecule has 1 aromatic heterocycles. The first-order valence-corrected chi connectivity index (χ1v) is 10.1. The summed E-state index contributed by atoms with van der Waals surface area (Å²) in [5, 5.41) is 11.0. The number of esters is 1. The molecule has 0 saturated carbocycles. The second-order valence-corrected chi connectivity index (χ2v) is 7.10. The number of hydrogen-bond acceptors (Lipinski definition) is 6. The molecule has 2 aromatic carbocycles. The first-order chi connectivity index (χ1) is 15.4. The minimum atomic E-state index is -0.775. The Hall–Kier alpha value is -3.94. The zero-order valence-electron chi connectivity index (χ0n) is 18.5. The third-order valence-electron chi connectivity index (χ3n) is 4.74. The molecule has 0 fully saturated rings.